The smallest absolute Gasteiger partial charge is 0.276 e. The lowest BCUT2D eigenvalue weighted by Crippen LogP contribution is -2.17. The molecule has 1 N–H and O–H groups in total. The van der Waals surface area contributed by atoms with Crippen LogP contribution in [0.25, 0.3) is 0 Å². The van der Waals surface area contributed by atoms with Crippen molar-refractivity contribution < 1.29 is 0 Å². The van der Waals surface area contributed by atoms with Crippen molar-refractivity contribution in [2.24, 2.45) is 0 Å². The minimum absolute atomic E-state index is 0.0515. The molecule has 1 saturated carbocycles. The number of hydrogen-bond donors (Lipinski definition) is 1. The Morgan fingerprint density at radius 2 is 2.45 bits per heavy atom. The first kappa shape index (κ1) is 6.64. The van der Waals surface area contributed by atoms with E-state index in [2.05, 4.69) is 10.2 Å². The maximum Gasteiger partial charge on any atom is 0.343 e. The first-order valence-corrected chi connectivity index (χ1v) is 3.98. The summed E-state index contributed by atoms with van der Waals surface area (Å²) in [7, 11) is 0. The van der Waals surface area contributed by atoms with Crippen molar-refractivity contribution in [1.82, 2.24) is 14.8 Å². The minimum atomic E-state index is -0.0515. The van der Waals surface area contributed by atoms with E-state index < -0.39 is 0 Å². The Balaban J connectivity index is 2.46. The summed E-state index contributed by atoms with van der Waals surface area (Å²) in [6.07, 6.45) is 3.09. The predicted octanol–water partition coefficient (Wildman–Crippen LogP) is 0.469. The van der Waals surface area contributed by atoms with Gasteiger partial charge >= 0.3 is 5.69 Å². The van der Waals surface area contributed by atoms with Crippen LogP contribution in [0.3, 0.4) is 0 Å². The summed E-state index contributed by atoms with van der Waals surface area (Å²) in [6.45, 7) is 2.01. The van der Waals surface area contributed by atoms with Gasteiger partial charge < -0.3 is 0 Å². The molecule has 1 heterocycles. The zero-order chi connectivity index (χ0) is 7.84. The Morgan fingerprint density at radius 3 is 3.00 bits per heavy atom. The van der Waals surface area contributed by atoms with Crippen LogP contribution in [0.2, 0.25) is 0 Å². The molecule has 4 nitrogen and oxygen atoms in total. The third kappa shape index (κ3) is 0.982. The number of nitrogens with zero attached hydrogens (tertiary/aromatic N) is 2. The Labute approximate surface area is 64.2 Å². The highest BCUT2D eigenvalue weighted by Crippen LogP contribution is 2.33. The molecule has 2 rings (SSSR count). The molecule has 60 valence electrons. The molecule has 0 aliphatic heterocycles. The second kappa shape index (κ2) is 2.22. The molecular weight excluding hydrogens is 142 g/mol. The average Bonchev–Trinajstić information content (AvgIpc) is 2.76. The first-order valence-electron chi connectivity index (χ1n) is 3.98. The molecule has 1 aromatic heterocycles. The predicted molar refractivity (Wildman–Crippen MR) is 40.5 cm³/mol. The van der Waals surface area contributed by atoms with Crippen LogP contribution in [0.1, 0.15) is 31.6 Å². The minimum Gasteiger partial charge on any atom is -0.276 e. The SMILES string of the molecule is CCc1n[nH]c(=O)n1C1CC1. The Bertz CT molecular complexity index is 308. The van der Waals surface area contributed by atoms with Gasteiger partial charge in [0.15, 0.2) is 0 Å². The summed E-state index contributed by atoms with van der Waals surface area (Å²) < 4.78 is 1.78. The van der Waals surface area contributed by atoms with Crippen molar-refractivity contribution >= 4 is 0 Å². The molecule has 0 unspecified atom stereocenters. The summed E-state index contributed by atoms with van der Waals surface area (Å²) in [5.74, 6) is 0.887. The molecule has 1 fully saturated rings. The molecule has 0 saturated heterocycles. The molecule has 0 radical (unpaired) electrons. The van der Waals surface area contributed by atoms with Gasteiger partial charge in [-0.05, 0) is 12.8 Å². The molecule has 4 heteroatoms. The van der Waals surface area contributed by atoms with Crippen LogP contribution in [0, 0.1) is 0 Å². The molecule has 1 aromatic rings. The molecule has 0 aromatic carbocycles. The van der Waals surface area contributed by atoms with Crippen molar-refractivity contribution in [1.29, 1.82) is 0 Å². The fraction of sp³-hybridized carbons (Fsp3) is 0.714. The first-order chi connectivity index (χ1) is 5.33. The second-order valence-corrected chi connectivity index (χ2v) is 2.90. The monoisotopic (exact) mass is 153 g/mol. The molecular formula is C7H11N3O. The van der Waals surface area contributed by atoms with Crippen LogP contribution < -0.4 is 5.69 Å². The highest BCUT2D eigenvalue weighted by molar-refractivity contribution is 4.94. The highest BCUT2D eigenvalue weighted by Gasteiger charge is 2.27. The van der Waals surface area contributed by atoms with Gasteiger partial charge in [-0.2, -0.15) is 5.10 Å². The van der Waals surface area contributed by atoms with Crippen molar-refractivity contribution in [2.45, 2.75) is 32.2 Å². The lowest BCUT2D eigenvalue weighted by atomic mass is 10.4. The van der Waals surface area contributed by atoms with Gasteiger partial charge in [-0.1, -0.05) is 6.92 Å². The fourth-order valence-electron chi connectivity index (χ4n) is 1.30. The van der Waals surface area contributed by atoms with Crippen molar-refractivity contribution in [3.8, 4) is 0 Å². The van der Waals surface area contributed by atoms with Crippen molar-refractivity contribution in [3.05, 3.63) is 16.3 Å². The number of aryl methyl sites for hydroxylation is 1. The van der Waals surface area contributed by atoms with E-state index in [1.54, 1.807) is 4.57 Å². The van der Waals surface area contributed by atoms with E-state index >= 15 is 0 Å². The van der Waals surface area contributed by atoms with Gasteiger partial charge in [0.2, 0.25) is 0 Å². The zero-order valence-electron chi connectivity index (χ0n) is 6.50. The van der Waals surface area contributed by atoms with E-state index in [4.69, 9.17) is 0 Å². The average molecular weight is 153 g/mol. The Morgan fingerprint density at radius 1 is 1.73 bits per heavy atom. The normalized spacial score (nSPS) is 17.2. The lowest BCUT2D eigenvalue weighted by molar-refractivity contribution is 0.666. The number of aromatic nitrogens is 3. The van der Waals surface area contributed by atoms with Gasteiger partial charge in [-0.25, -0.2) is 9.89 Å². The third-order valence-corrected chi connectivity index (χ3v) is 2.01. The Hall–Kier alpha value is -1.06. The maximum atomic E-state index is 11.1. The standard InChI is InChI=1S/C7H11N3O/c1-2-6-8-9-7(11)10(6)5-3-4-5/h5H,2-4H2,1H3,(H,9,11). The molecule has 0 atom stereocenters. The number of rotatable bonds is 2. The highest BCUT2D eigenvalue weighted by atomic mass is 16.1. The van der Waals surface area contributed by atoms with E-state index in [0.29, 0.717) is 6.04 Å². The van der Waals surface area contributed by atoms with E-state index in [1.807, 2.05) is 6.92 Å². The van der Waals surface area contributed by atoms with Crippen molar-refractivity contribution in [2.75, 3.05) is 0 Å². The number of H-pyrrole nitrogens is 1. The van der Waals surface area contributed by atoms with E-state index in [9.17, 15) is 4.79 Å². The van der Waals surface area contributed by atoms with Crippen LogP contribution in [0.5, 0.6) is 0 Å². The van der Waals surface area contributed by atoms with E-state index in [-0.39, 0.29) is 5.69 Å². The lowest BCUT2D eigenvalue weighted by Gasteiger charge is -1.98. The third-order valence-electron chi connectivity index (χ3n) is 2.01. The summed E-state index contributed by atoms with van der Waals surface area (Å²) in [6, 6.07) is 0.441. The molecule has 11 heavy (non-hydrogen) atoms. The van der Waals surface area contributed by atoms with Gasteiger partial charge in [0, 0.05) is 12.5 Å². The quantitative estimate of drug-likeness (QED) is 0.671. The molecule has 0 bridgehead atoms. The summed E-state index contributed by atoms with van der Waals surface area (Å²) in [5.41, 5.74) is -0.0515. The van der Waals surface area contributed by atoms with E-state index in [1.165, 1.54) is 0 Å². The van der Waals surface area contributed by atoms with Gasteiger partial charge in [0.05, 0.1) is 0 Å². The van der Waals surface area contributed by atoms with Gasteiger partial charge in [0.25, 0.3) is 0 Å². The van der Waals surface area contributed by atoms with Crippen LogP contribution in [-0.4, -0.2) is 14.8 Å². The zero-order valence-corrected chi connectivity index (χ0v) is 6.50. The number of aromatic amines is 1. The maximum absolute atomic E-state index is 11.1. The van der Waals surface area contributed by atoms with Crippen LogP contribution in [0.15, 0.2) is 4.79 Å². The summed E-state index contributed by atoms with van der Waals surface area (Å²) in [5, 5.41) is 6.39. The summed E-state index contributed by atoms with van der Waals surface area (Å²) in [4.78, 5) is 11.1. The van der Waals surface area contributed by atoms with Gasteiger partial charge in [-0.15, -0.1) is 0 Å². The van der Waals surface area contributed by atoms with Crippen LogP contribution >= 0.6 is 0 Å². The van der Waals surface area contributed by atoms with Crippen molar-refractivity contribution in [3.63, 3.8) is 0 Å². The molecule has 1 aliphatic carbocycles. The second-order valence-electron chi connectivity index (χ2n) is 2.90. The van der Waals surface area contributed by atoms with Gasteiger partial charge in [0.1, 0.15) is 5.82 Å². The Kier molecular flexibility index (Phi) is 1.34. The summed E-state index contributed by atoms with van der Waals surface area (Å²) >= 11 is 0. The molecule has 1 aliphatic rings. The number of hydrogen-bond acceptors (Lipinski definition) is 2. The molecule has 0 spiro atoms. The topological polar surface area (TPSA) is 50.7 Å². The van der Waals surface area contributed by atoms with E-state index in [0.717, 1.165) is 25.1 Å². The van der Waals surface area contributed by atoms with Gasteiger partial charge in [-0.3, -0.25) is 4.57 Å². The molecule has 0 amide bonds. The largest absolute Gasteiger partial charge is 0.343 e. The fourth-order valence-corrected chi connectivity index (χ4v) is 1.30. The number of nitrogens with one attached hydrogen (secondary N) is 1. The van der Waals surface area contributed by atoms with Crippen LogP contribution in [0.4, 0.5) is 0 Å². The van der Waals surface area contributed by atoms with Crippen LogP contribution in [-0.2, 0) is 6.42 Å².